The van der Waals surface area contributed by atoms with Crippen LogP contribution in [0, 0.1) is 6.92 Å². The summed E-state index contributed by atoms with van der Waals surface area (Å²) in [7, 11) is -3.79. The summed E-state index contributed by atoms with van der Waals surface area (Å²) in [6.07, 6.45) is 0. The molecule has 120 valence electrons. The first-order chi connectivity index (χ1) is 10.9. The number of para-hydroxylation sites is 1. The molecule has 0 spiro atoms. The Labute approximate surface area is 142 Å². The average molecular weight is 397 g/mol. The van der Waals surface area contributed by atoms with E-state index in [1.165, 1.54) is 6.07 Å². The highest BCUT2D eigenvalue weighted by molar-refractivity contribution is 9.10. The molecule has 0 fully saturated rings. The van der Waals surface area contributed by atoms with E-state index < -0.39 is 10.0 Å². The number of carbonyl (C=O) groups is 1. The van der Waals surface area contributed by atoms with Gasteiger partial charge in [-0.1, -0.05) is 12.1 Å². The van der Waals surface area contributed by atoms with Crippen molar-refractivity contribution >= 4 is 43.2 Å². The van der Waals surface area contributed by atoms with Crippen molar-refractivity contribution in [2.75, 3.05) is 16.6 Å². The summed E-state index contributed by atoms with van der Waals surface area (Å²) < 4.78 is 33.8. The molecule has 0 aliphatic carbocycles. The molecule has 1 amide bonds. The quantitative estimate of drug-likeness (QED) is 0.834. The summed E-state index contributed by atoms with van der Waals surface area (Å²) in [5.74, 6) is 0.0709. The lowest BCUT2D eigenvalue weighted by molar-refractivity contribution is -0.118. The van der Waals surface area contributed by atoms with Gasteiger partial charge in [0, 0.05) is 10.5 Å². The van der Waals surface area contributed by atoms with Crippen molar-refractivity contribution in [3.8, 4) is 5.75 Å². The molecule has 1 aliphatic rings. The minimum atomic E-state index is -3.79. The van der Waals surface area contributed by atoms with Crippen LogP contribution in [0.25, 0.3) is 0 Å². The Balaban J connectivity index is 2.00. The van der Waals surface area contributed by atoms with Crippen LogP contribution in [0.5, 0.6) is 5.75 Å². The minimum Gasteiger partial charge on any atom is -0.482 e. The highest BCUT2D eigenvalue weighted by Gasteiger charge is 2.24. The summed E-state index contributed by atoms with van der Waals surface area (Å²) in [6.45, 7) is 1.53. The molecular weight excluding hydrogens is 384 g/mol. The summed E-state index contributed by atoms with van der Waals surface area (Å²) >= 11 is 3.31. The van der Waals surface area contributed by atoms with Crippen LogP contribution in [0.4, 0.5) is 11.4 Å². The van der Waals surface area contributed by atoms with E-state index in [-0.39, 0.29) is 17.4 Å². The Bertz CT molecular complexity index is 896. The number of hydrogen-bond acceptors (Lipinski definition) is 4. The van der Waals surface area contributed by atoms with Crippen LogP contribution in [0.1, 0.15) is 5.56 Å². The third-order valence-electron chi connectivity index (χ3n) is 3.32. The maximum atomic E-state index is 12.6. The van der Waals surface area contributed by atoms with Crippen LogP contribution in [0.15, 0.2) is 45.8 Å². The third-order valence-corrected chi connectivity index (χ3v) is 5.52. The number of amides is 1. The largest absolute Gasteiger partial charge is 0.482 e. The molecule has 23 heavy (non-hydrogen) atoms. The van der Waals surface area contributed by atoms with Gasteiger partial charge in [-0.3, -0.25) is 9.52 Å². The van der Waals surface area contributed by atoms with Gasteiger partial charge in [0.2, 0.25) is 0 Å². The number of ether oxygens (including phenoxy) is 1. The Morgan fingerprint density at radius 1 is 1.26 bits per heavy atom. The van der Waals surface area contributed by atoms with Gasteiger partial charge in [0.05, 0.1) is 16.3 Å². The van der Waals surface area contributed by atoms with E-state index in [4.69, 9.17) is 4.74 Å². The maximum absolute atomic E-state index is 12.6. The molecule has 0 radical (unpaired) electrons. The highest BCUT2D eigenvalue weighted by atomic mass is 79.9. The molecule has 0 unspecified atom stereocenters. The number of fused-ring (bicyclic) bond motifs is 1. The summed E-state index contributed by atoms with van der Waals surface area (Å²) in [5, 5.41) is 2.65. The smallest absolute Gasteiger partial charge is 0.262 e. The molecule has 0 atom stereocenters. The van der Waals surface area contributed by atoms with Crippen molar-refractivity contribution in [1.29, 1.82) is 0 Å². The lowest BCUT2D eigenvalue weighted by Crippen LogP contribution is -2.26. The molecule has 1 heterocycles. The Morgan fingerprint density at radius 3 is 2.74 bits per heavy atom. The van der Waals surface area contributed by atoms with Gasteiger partial charge in [0.15, 0.2) is 6.61 Å². The molecule has 2 N–H and O–H groups in total. The summed E-state index contributed by atoms with van der Waals surface area (Å²) in [5.41, 5.74) is 1.42. The molecule has 0 saturated heterocycles. The number of anilines is 2. The van der Waals surface area contributed by atoms with Crippen LogP contribution in [-0.4, -0.2) is 20.9 Å². The van der Waals surface area contributed by atoms with E-state index in [1.807, 2.05) is 0 Å². The molecule has 3 rings (SSSR count). The predicted octanol–water partition coefficient (Wildman–Crippen LogP) is 2.89. The zero-order valence-electron chi connectivity index (χ0n) is 12.1. The number of aryl methyl sites for hydroxylation is 1. The lowest BCUT2D eigenvalue weighted by Gasteiger charge is -2.20. The van der Waals surface area contributed by atoms with E-state index in [1.54, 1.807) is 37.3 Å². The second kappa shape index (κ2) is 5.86. The second-order valence-electron chi connectivity index (χ2n) is 5.04. The van der Waals surface area contributed by atoms with Crippen LogP contribution in [0.2, 0.25) is 0 Å². The van der Waals surface area contributed by atoms with Gasteiger partial charge in [0.1, 0.15) is 5.75 Å². The minimum absolute atomic E-state index is 0.100. The molecule has 6 nitrogen and oxygen atoms in total. The lowest BCUT2D eigenvalue weighted by atomic mass is 10.2. The van der Waals surface area contributed by atoms with Gasteiger partial charge in [-0.05, 0) is 46.6 Å². The Hall–Kier alpha value is -2.06. The molecule has 8 heteroatoms. The number of nitrogens with one attached hydrogen (secondary N) is 2. The number of sulfonamides is 1. The van der Waals surface area contributed by atoms with Crippen LogP contribution in [-0.2, 0) is 14.8 Å². The summed E-state index contributed by atoms with van der Waals surface area (Å²) in [6, 6.07) is 9.94. The molecule has 0 saturated carbocycles. The van der Waals surface area contributed by atoms with Gasteiger partial charge in [0.25, 0.3) is 15.9 Å². The van der Waals surface area contributed by atoms with Gasteiger partial charge in [-0.25, -0.2) is 8.42 Å². The van der Waals surface area contributed by atoms with E-state index in [9.17, 15) is 13.2 Å². The van der Waals surface area contributed by atoms with E-state index in [0.717, 1.165) is 0 Å². The monoisotopic (exact) mass is 396 g/mol. The molecule has 1 aliphatic heterocycles. The molecule has 2 aromatic carbocycles. The SMILES string of the molecule is Cc1cc2c(cc1S(=O)(=O)Nc1ccccc1Br)OCC(=O)N2. The van der Waals surface area contributed by atoms with Gasteiger partial charge in [-0.2, -0.15) is 0 Å². The first-order valence-electron chi connectivity index (χ1n) is 6.71. The van der Waals surface area contributed by atoms with Crippen molar-refractivity contribution < 1.29 is 17.9 Å². The van der Waals surface area contributed by atoms with E-state index >= 15 is 0 Å². The normalized spacial score (nSPS) is 13.7. The first-order valence-corrected chi connectivity index (χ1v) is 8.99. The predicted molar refractivity (Wildman–Crippen MR) is 90.3 cm³/mol. The fourth-order valence-corrected chi connectivity index (χ4v) is 4.09. The zero-order chi connectivity index (χ0) is 16.6. The molecular formula is C15H13BrN2O4S. The van der Waals surface area contributed by atoms with Crippen molar-refractivity contribution in [1.82, 2.24) is 0 Å². The standard InChI is InChI=1S/C15H13BrN2O4S/c1-9-6-12-13(22-8-15(19)17-12)7-14(9)23(20,21)18-11-5-3-2-4-10(11)16/h2-7,18H,8H2,1H3,(H,17,19). The van der Waals surface area contributed by atoms with Crippen molar-refractivity contribution in [3.63, 3.8) is 0 Å². The van der Waals surface area contributed by atoms with Crippen molar-refractivity contribution in [2.24, 2.45) is 0 Å². The number of benzene rings is 2. The number of carbonyl (C=O) groups excluding carboxylic acids is 1. The topological polar surface area (TPSA) is 84.5 Å². The maximum Gasteiger partial charge on any atom is 0.262 e. The zero-order valence-corrected chi connectivity index (χ0v) is 14.5. The number of hydrogen-bond donors (Lipinski definition) is 2. The number of halogens is 1. The van der Waals surface area contributed by atoms with Crippen molar-refractivity contribution in [2.45, 2.75) is 11.8 Å². The molecule has 2 aromatic rings. The highest BCUT2D eigenvalue weighted by Crippen LogP contribution is 2.34. The van der Waals surface area contributed by atoms with Crippen LogP contribution in [0.3, 0.4) is 0 Å². The fourth-order valence-electron chi connectivity index (χ4n) is 2.25. The number of rotatable bonds is 3. The van der Waals surface area contributed by atoms with Crippen LogP contribution >= 0.6 is 15.9 Å². The Kier molecular flexibility index (Phi) is 4.03. The van der Waals surface area contributed by atoms with Gasteiger partial charge in [-0.15, -0.1) is 0 Å². The average Bonchev–Trinajstić information content (AvgIpc) is 2.48. The van der Waals surface area contributed by atoms with Gasteiger partial charge >= 0.3 is 0 Å². The van der Waals surface area contributed by atoms with Gasteiger partial charge < -0.3 is 10.1 Å². The first kappa shape index (κ1) is 15.8. The van der Waals surface area contributed by atoms with E-state index in [0.29, 0.717) is 27.2 Å². The summed E-state index contributed by atoms with van der Waals surface area (Å²) in [4.78, 5) is 11.4. The fraction of sp³-hybridized carbons (Fsp3) is 0.133. The van der Waals surface area contributed by atoms with Crippen molar-refractivity contribution in [3.05, 3.63) is 46.4 Å². The molecule has 0 aromatic heterocycles. The van der Waals surface area contributed by atoms with E-state index in [2.05, 4.69) is 26.0 Å². The molecule has 0 bridgehead atoms. The second-order valence-corrected chi connectivity index (χ2v) is 7.54. The van der Waals surface area contributed by atoms with Crippen LogP contribution < -0.4 is 14.8 Å². The third kappa shape index (κ3) is 3.18. The Morgan fingerprint density at radius 2 is 2.00 bits per heavy atom.